The lowest BCUT2D eigenvalue weighted by atomic mass is 10.2. The lowest BCUT2D eigenvalue weighted by molar-refractivity contribution is -0.130. The fourth-order valence-electron chi connectivity index (χ4n) is 4.04. The van der Waals surface area contributed by atoms with E-state index in [1.54, 1.807) is 0 Å². The van der Waals surface area contributed by atoms with Crippen molar-refractivity contribution < 1.29 is 14.3 Å². The summed E-state index contributed by atoms with van der Waals surface area (Å²) in [5.74, 6) is 1.99. The van der Waals surface area contributed by atoms with Gasteiger partial charge < -0.3 is 19.4 Å². The highest BCUT2D eigenvalue weighted by atomic mass is 16.5. The second-order valence-electron chi connectivity index (χ2n) is 8.08. The molecule has 1 N–H and O–H groups in total. The van der Waals surface area contributed by atoms with Gasteiger partial charge in [0.1, 0.15) is 17.7 Å². The van der Waals surface area contributed by atoms with Crippen molar-refractivity contribution in [1.29, 1.82) is 0 Å². The number of carbonyl (C=O) groups excluding carboxylic acids is 1. The van der Waals surface area contributed by atoms with E-state index in [1.165, 1.54) is 5.56 Å². The lowest BCUT2D eigenvalue weighted by Crippen LogP contribution is -2.34. The molecule has 1 amide bonds. The molecule has 1 unspecified atom stereocenters. The molecule has 1 aliphatic heterocycles. The summed E-state index contributed by atoms with van der Waals surface area (Å²) in [6.07, 6.45) is 4.10. The lowest BCUT2D eigenvalue weighted by Gasteiger charge is -2.12. The smallest absolute Gasteiger partial charge is 0.249 e. The number of aromatic nitrogens is 2. The summed E-state index contributed by atoms with van der Waals surface area (Å²) in [4.78, 5) is 16.9. The fraction of sp³-hybridized carbons (Fsp3) is 0.440. The zero-order chi connectivity index (χ0) is 21.5. The summed E-state index contributed by atoms with van der Waals surface area (Å²) >= 11 is 0. The molecular formula is C25H31N3O3. The van der Waals surface area contributed by atoms with Crippen LogP contribution in [0.25, 0.3) is 11.0 Å². The second-order valence-corrected chi connectivity index (χ2v) is 8.08. The van der Waals surface area contributed by atoms with Crippen molar-refractivity contribution in [3.05, 3.63) is 59.9 Å². The van der Waals surface area contributed by atoms with Crippen LogP contribution in [0.2, 0.25) is 0 Å². The molecule has 0 saturated carbocycles. The van der Waals surface area contributed by atoms with Crippen molar-refractivity contribution in [2.75, 3.05) is 19.8 Å². The van der Waals surface area contributed by atoms with Gasteiger partial charge in [0.05, 0.1) is 17.6 Å². The van der Waals surface area contributed by atoms with E-state index < -0.39 is 0 Å². The van der Waals surface area contributed by atoms with E-state index in [-0.39, 0.29) is 12.0 Å². The van der Waals surface area contributed by atoms with Crippen LogP contribution in [0.4, 0.5) is 0 Å². The summed E-state index contributed by atoms with van der Waals surface area (Å²) in [6.45, 7) is 4.91. The second kappa shape index (κ2) is 10.4. The monoisotopic (exact) mass is 421 g/mol. The number of para-hydroxylation sites is 2. The van der Waals surface area contributed by atoms with Gasteiger partial charge in [-0.15, -0.1) is 0 Å². The molecule has 1 atom stereocenters. The summed E-state index contributed by atoms with van der Waals surface area (Å²) in [5.41, 5.74) is 3.36. The molecule has 2 heterocycles. The summed E-state index contributed by atoms with van der Waals surface area (Å²) < 4.78 is 13.6. The average molecular weight is 422 g/mol. The fourth-order valence-corrected chi connectivity index (χ4v) is 4.04. The van der Waals surface area contributed by atoms with E-state index in [1.807, 2.05) is 18.2 Å². The van der Waals surface area contributed by atoms with Crippen molar-refractivity contribution in [2.24, 2.45) is 0 Å². The molecule has 4 rings (SSSR count). The maximum absolute atomic E-state index is 12.1. The number of carbonyl (C=O) groups is 1. The SMILES string of the molecule is Cc1cccc(OCCCn2c(CCCNC(=O)C3CCCO3)nc3ccccc32)c1. The van der Waals surface area contributed by atoms with Gasteiger partial charge in [0.2, 0.25) is 5.91 Å². The van der Waals surface area contributed by atoms with Crippen LogP contribution in [0.3, 0.4) is 0 Å². The molecule has 2 aromatic carbocycles. The maximum atomic E-state index is 12.1. The normalized spacial score (nSPS) is 16.0. The molecule has 1 aromatic heterocycles. The quantitative estimate of drug-likeness (QED) is 0.502. The van der Waals surface area contributed by atoms with Gasteiger partial charge in [-0.25, -0.2) is 4.98 Å². The average Bonchev–Trinajstić information content (AvgIpc) is 3.43. The van der Waals surface area contributed by atoms with E-state index >= 15 is 0 Å². The largest absolute Gasteiger partial charge is 0.494 e. The molecule has 6 heteroatoms. The highest BCUT2D eigenvalue weighted by molar-refractivity contribution is 5.80. The Labute approximate surface area is 183 Å². The van der Waals surface area contributed by atoms with E-state index in [0.29, 0.717) is 19.8 Å². The first kappa shape index (κ1) is 21.4. The first-order valence-electron chi connectivity index (χ1n) is 11.2. The maximum Gasteiger partial charge on any atom is 0.249 e. The molecule has 1 fully saturated rings. The first-order chi connectivity index (χ1) is 15.2. The number of nitrogens with one attached hydrogen (secondary N) is 1. The van der Waals surface area contributed by atoms with Gasteiger partial charge in [-0.2, -0.15) is 0 Å². The van der Waals surface area contributed by atoms with Crippen molar-refractivity contribution in [3.63, 3.8) is 0 Å². The van der Waals surface area contributed by atoms with Crippen LogP contribution < -0.4 is 10.1 Å². The minimum Gasteiger partial charge on any atom is -0.494 e. The standard InChI is InChI=1S/C25H31N3O3/c1-19-8-4-9-20(18-19)30-17-7-15-28-22-11-3-2-10-21(22)27-24(28)13-5-14-26-25(29)23-12-6-16-31-23/h2-4,8-11,18,23H,5-7,12-17H2,1H3,(H,26,29). The Balaban J connectivity index is 1.31. The third kappa shape index (κ3) is 5.64. The van der Waals surface area contributed by atoms with E-state index in [2.05, 4.69) is 47.1 Å². The molecule has 31 heavy (non-hydrogen) atoms. The van der Waals surface area contributed by atoms with Crippen LogP contribution in [0.1, 0.15) is 37.1 Å². The van der Waals surface area contributed by atoms with Gasteiger partial charge in [0.25, 0.3) is 0 Å². The van der Waals surface area contributed by atoms with Crippen LogP contribution in [0.5, 0.6) is 5.75 Å². The molecule has 164 valence electrons. The Morgan fingerprint density at radius 3 is 2.97 bits per heavy atom. The number of hydrogen-bond donors (Lipinski definition) is 1. The summed E-state index contributed by atoms with van der Waals surface area (Å²) in [6, 6.07) is 16.4. The third-order valence-corrected chi connectivity index (χ3v) is 5.62. The Hall–Kier alpha value is -2.86. The number of benzene rings is 2. The number of fused-ring (bicyclic) bond motifs is 1. The molecule has 0 aliphatic carbocycles. The molecule has 0 spiro atoms. The van der Waals surface area contributed by atoms with Crippen LogP contribution >= 0.6 is 0 Å². The van der Waals surface area contributed by atoms with Crippen molar-refractivity contribution in [1.82, 2.24) is 14.9 Å². The summed E-state index contributed by atoms with van der Waals surface area (Å²) in [7, 11) is 0. The van der Waals surface area contributed by atoms with Crippen LogP contribution in [0.15, 0.2) is 48.5 Å². The Morgan fingerprint density at radius 2 is 2.13 bits per heavy atom. The first-order valence-corrected chi connectivity index (χ1v) is 11.2. The minimum absolute atomic E-state index is 0.0132. The van der Waals surface area contributed by atoms with Crippen LogP contribution in [0, 0.1) is 6.92 Å². The number of ether oxygens (including phenoxy) is 2. The highest BCUT2D eigenvalue weighted by Gasteiger charge is 2.22. The predicted molar refractivity (Wildman–Crippen MR) is 121 cm³/mol. The number of amides is 1. The Bertz CT molecular complexity index is 1010. The minimum atomic E-state index is -0.266. The number of rotatable bonds is 10. The van der Waals surface area contributed by atoms with Crippen LogP contribution in [-0.2, 0) is 22.5 Å². The van der Waals surface area contributed by atoms with Crippen molar-refractivity contribution in [2.45, 2.75) is 51.7 Å². The zero-order valence-electron chi connectivity index (χ0n) is 18.2. The topological polar surface area (TPSA) is 65.4 Å². The molecule has 6 nitrogen and oxygen atoms in total. The van der Waals surface area contributed by atoms with Gasteiger partial charge >= 0.3 is 0 Å². The summed E-state index contributed by atoms with van der Waals surface area (Å²) in [5, 5.41) is 3.00. The van der Waals surface area contributed by atoms with Gasteiger partial charge in [-0.1, -0.05) is 24.3 Å². The molecule has 1 aliphatic rings. The molecule has 3 aromatic rings. The molecule has 1 saturated heterocycles. The third-order valence-electron chi connectivity index (χ3n) is 5.62. The Morgan fingerprint density at radius 1 is 1.23 bits per heavy atom. The highest BCUT2D eigenvalue weighted by Crippen LogP contribution is 2.18. The van der Waals surface area contributed by atoms with Gasteiger partial charge in [0.15, 0.2) is 0 Å². The van der Waals surface area contributed by atoms with Gasteiger partial charge in [-0.3, -0.25) is 4.79 Å². The van der Waals surface area contributed by atoms with E-state index in [4.69, 9.17) is 14.5 Å². The van der Waals surface area contributed by atoms with E-state index in [9.17, 15) is 4.79 Å². The van der Waals surface area contributed by atoms with Crippen molar-refractivity contribution in [3.8, 4) is 5.75 Å². The Kier molecular flexibility index (Phi) is 7.20. The molecule has 0 bridgehead atoms. The number of imidazole rings is 1. The van der Waals surface area contributed by atoms with Crippen LogP contribution in [-0.4, -0.2) is 41.3 Å². The van der Waals surface area contributed by atoms with E-state index in [0.717, 1.165) is 61.3 Å². The molecular weight excluding hydrogens is 390 g/mol. The molecule has 0 radical (unpaired) electrons. The number of aryl methyl sites for hydroxylation is 3. The van der Waals surface area contributed by atoms with Gasteiger partial charge in [0, 0.05) is 26.1 Å². The number of nitrogens with zero attached hydrogens (tertiary/aromatic N) is 2. The zero-order valence-corrected chi connectivity index (χ0v) is 18.2. The number of hydrogen-bond acceptors (Lipinski definition) is 4. The van der Waals surface area contributed by atoms with Gasteiger partial charge in [-0.05, 0) is 62.4 Å². The van der Waals surface area contributed by atoms with Crippen molar-refractivity contribution >= 4 is 16.9 Å². The predicted octanol–water partition coefficient (Wildman–Crippen LogP) is 4.04.